The number of halogens is 1. The number of hydrogen-bond acceptors (Lipinski definition) is 4. The molecule has 1 aromatic rings. The summed E-state index contributed by atoms with van der Waals surface area (Å²) in [6.07, 6.45) is -0.696. The summed E-state index contributed by atoms with van der Waals surface area (Å²) in [7, 11) is 1.55. The molecule has 20 heavy (non-hydrogen) atoms. The normalized spacial score (nSPS) is 11.8. The average Bonchev–Trinajstić information content (AvgIpc) is 2.40. The molecule has 1 amide bonds. The Balaban J connectivity index is 2.63. The van der Waals surface area contributed by atoms with Crippen molar-refractivity contribution in [1.29, 1.82) is 0 Å². The van der Waals surface area contributed by atoms with Gasteiger partial charge in [0, 0.05) is 13.7 Å². The van der Waals surface area contributed by atoms with Gasteiger partial charge in [-0.3, -0.25) is 4.79 Å². The fraction of sp³-hybridized carbons (Fsp3) is 0.385. The average molecular weight is 346 g/mol. The maximum atomic E-state index is 11.7. The standard InChI is InChI=1S/C13H16BrNO5/c1-8(12(16)15-5-6-19-2)20-11-4-3-9(13(17)18)7-10(11)14/h3-4,7-8H,5-6H2,1-2H3,(H,15,16)(H,17,18)/t8-/m0/s1. The van der Waals surface area contributed by atoms with Gasteiger partial charge < -0.3 is 19.9 Å². The van der Waals surface area contributed by atoms with Gasteiger partial charge in [0.25, 0.3) is 5.91 Å². The zero-order chi connectivity index (χ0) is 15.1. The van der Waals surface area contributed by atoms with Gasteiger partial charge in [0.2, 0.25) is 0 Å². The van der Waals surface area contributed by atoms with E-state index in [2.05, 4.69) is 21.2 Å². The third-order valence-corrected chi connectivity index (χ3v) is 3.08. The second-order valence-electron chi connectivity index (χ2n) is 3.99. The first kappa shape index (κ1) is 16.5. The van der Waals surface area contributed by atoms with Gasteiger partial charge in [0.05, 0.1) is 16.6 Å². The molecule has 0 aromatic heterocycles. The number of carbonyl (C=O) groups excluding carboxylic acids is 1. The zero-order valence-electron chi connectivity index (χ0n) is 11.2. The van der Waals surface area contributed by atoms with E-state index >= 15 is 0 Å². The number of hydrogen-bond donors (Lipinski definition) is 2. The van der Waals surface area contributed by atoms with Crippen molar-refractivity contribution >= 4 is 27.8 Å². The second-order valence-corrected chi connectivity index (χ2v) is 4.85. The van der Waals surface area contributed by atoms with Crippen LogP contribution in [0, 0.1) is 0 Å². The number of methoxy groups -OCH3 is 1. The molecule has 0 unspecified atom stereocenters. The topological polar surface area (TPSA) is 84.9 Å². The Hall–Kier alpha value is -1.60. The minimum Gasteiger partial charge on any atom is -0.480 e. The largest absolute Gasteiger partial charge is 0.480 e. The number of ether oxygens (including phenoxy) is 2. The molecule has 110 valence electrons. The van der Waals surface area contributed by atoms with Gasteiger partial charge >= 0.3 is 5.97 Å². The van der Waals surface area contributed by atoms with Crippen LogP contribution in [0.4, 0.5) is 0 Å². The predicted molar refractivity (Wildman–Crippen MR) is 76.1 cm³/mol. The van der Waals surface area contributed by atoms with E-state index in [1.54, 1.807) is 14.0 Å². The van der Waals surface area contributed by atoms with Gasteiger partial charge in [-0.05, 0) is 41.1 Å². The highest BCUT2D eigenvalue weighted by Crippen LogP contribution is 2.27. The van der Waals surface area contributed by atoms with Crippen LogP contribution in [0.5, 0.6) is 5.75 Å². The second kappa shape index (κ2) is 7.86. The van der Waals surface area contributed by atoms with Crippen LogP contribution in [0.3, 0.4) is 0 Å². The maximum Gasteiger partial charge on any atom is 0.335 e. The first-order valence-electron chi connectivity index (χ1n) is 5.92. The number of aromatic carboxylic acids is 1. The van der Waals surface area contributed by atoms with Crippen LogP contribution >= 0.6 is 15.9 Å². The third kappa shape index (κ3) is 4.82. The Labute approximate surface area is 125 Å². The molecular formula is C13H16BrNO5. The molecule has 1 atom stereocenters. The highest BCUT2D eigenvalue weighted by Gasteiger charge is 2.16. The molecule has 0 saturated carbocycles. The summed E-state index contributed by atoms with van der Waals surface area (Å²) < 4.78 is 10.8. The van der Waals surface area contributed by atoms with Gasteiger partial charge in [0.1, 0.15) is 5.75 Å². The molecule has 0 saturated heterocycles. The summed E-state index contributed by atoms with van der Waals surface area (Å²) in [5.41, 5.74) is 0.140. The van der Waals surface area contributed by atoms with E-state index in [0.29, 0.717) is 23.4 Å². The number of nitrogens with one attached hydrogen (secondary N) is 1. The number of rotatable bonds is 7. The minimum absolute atomic E-state index is 0.140. The van der Waals surface area contributed by atoms with E-state index < -0.39 is 12.1 Å². The van der Waals surface area contributed by atoms with Crippen molar-refractivity contribution in [2.75, 3.05) is 20.3 Å². The lowest BCUT2D eigenvalue weighted by Gasteiger charge is -2.15. The maximum absolute atomic E-state index is 11.7. The summed E-state index contributed by atoms with van der Waals surface area (Å²) >= 11 is 3.22. The first-order chi connectivity index (χ1) is 9.45. The Morgan fingerprint density at radius 3 is 2.70 bits per heavy atom. The molecular weight excluding hydrogens is 330 g/mol. The number of carboxylic acids is 1. The molecule has 0 bridgehead atoms. The van der Waals surface area contributed by atoms with Crippen molar-refractivity contribution in [3.63, 3.8) is 0 Å². The van der Waals surface area contributed by atoms with Crippen LogP contribution in [0.2, 0.25) is 0 Å². The molecule has 0 heterocycles. The summed E-state index contributed by atoms with van der Waals surface area (Å²) in [5.74, 6) is -0.886. The van der Waals surface area contributed by atoms with E-state index in [9.17, 15) is 9.59 Å². The van der Waals surface area contributed by atoms with Crippen molar-refractivity contribution in [3.8, 4) is 5.75 Å². The molecule has 0 radical (unpaired) electrons. The van der Waals surface area contributed by atoms with Crippen molar-refractivity contribution in [2.45, 2.75) is 13.0 Å². The first-order valence-corrected chi connectivity index (χ1v) is 6.71. The summed E-state index contributed by atoms with van der Waals surface area (Å²) in [4.78, 5) is 22.5. The summed E-state index contributed by atoms with van der Waals surface area (Å²) in [6.45, 7) is 2.44. The van der Waals surface area contributed by atoms with Crippen LogP contribution in [0.1, 0.15) is 17.3 Å². The SMILES string of the molecule is COCCNC(=O)[C@H](C)Oc1ccc(C(=O)O)cc1Br. The monoisotopic (exact) mass is 345 g/mol. The fourth-order valence-corrected chi connectivity index (χ4v) is 1.87. The van der Waals surface area contributed by atoms with Crippen LogP contribution in [-0.4, -0.2) is 43.3 Å². The van der Waals surface area contributed by atoms with Crippen LogP contribution in [0.15, 0.2) is 22.7 Å². The van der Waals surface area contributed by atoms with E-state index in [1.165, 1.54) is 18.2 Å². The Bertz CT molecular complexity index is 492. The Morgan fingerprint density at radius 2 is 2.15 bits per heavy atom. The highest BCUT2D eigenvalue weighted by molar-refractivity contribution is 9.10. The lowest BCUT2D eigenvalue weighted by atomic mass is 10.2. The van der Waals surface area contributed by atoms with Gasteiger partial charge in [-0.1, -0.05) is 0 Å². The molecule has 1 rings (SSSR count). The Morgan fingerprint density at radius 1 is 1.45 bits per heavy atom. The molecule has 6 nitrogen and oxygen atoms in total. The lowest BCUT2D eigenvalue weighted by molar-refractivity contribution is -0.127. The predicted octanol–water partition coefficient (Wildman–Crippen LogP) is 1.68. The van der Waals surface area contributed by atoms with E-state index in [1.807, 2.05) is 0 Å². The molecule has 0 fully saturated rings. The molecule has 0 aliphatic heterocycles. The lowest BCUT2D eigenvalue weighted by Crippen LogP contribution is -2.38. The zero-order valence-corrected chi connectivity index (χ0v) is 12.8. The van der Waals surface area contributed by atoms with E-state index in [0.717, 1.165) is 0 Å². The third-order valence-electron chi connectivity index (χ3n) is 2.46. The van der Waals surface area contributed by atoms with E-state index in [-0.39, 0.29) is 11.5 Å². The van der Waals surface area contributed by atoms with Crippen LogP contribution in [-0.2, 0) is 9.53 Å². The smallest absolute Gasteiger partial charge is 0.335 e. The van der Waals surface area contributed by atoms with Gasteiger partial charge in [0.15, 0.2) is 6.10 Å². The molecule has 2 N–H and O–H groups in total. The van der Waals surface area contributed by atoms with Crippen molar-refractivity contribution in [2.24, 2.45) is 0 Å². The number of carbonyl (C=O) groups is 2. The molecule has 0 aliphatic carbocycles. The molecule has 0 spiro atoms. The fourth-order valence-electron chi connectivity index (χ4n) is 1.39. The summed E-state index contributed by atoms with van der Waals surface area (Å²) in [6, 6.07) is 4.34. The summed E-state index contributed by atoms with van der Waals surface area (Å²) in [5, 5.41) is 11.5. The molecule has 0 aliphatic rings. The molecule has 7 heteroatoms. The Kier molecular flexibility index (Phi) is 6.47. The van der Waals surface area contributed by atoms with Gasteiger partial charge in [-0.25, -0.2) is 4.79 Å². The minimum atomic E-state index is -1.03. The van der Waals surface area contributed by atoms with Crippen molar-refractivity contribution in [3.05, 3.63) is 28.2 Å². The number of carboxylic acid groups (broad SMARTS) is 1. The van der Waals surface area contributed by atoms with E-state index in [4.69, 9.17) is 14.6 Å². The molecule has 1 aromatic carbocycles. The van der Waals surface area contributed by atoms with Crippen molar-refractivity contribution < 1.29 is 24.2 Å². The van der Waals surface area contributed by atoms with Crippen LogP contribution < -0.4 is 10.1 Å². The quantitative estimate of drug-likeness (QED) is 0.734. The van der Waals surface area contributed by atoms with Gasteiger partial charge in [-0.15, -0.1) is 0 Å². The van der Waals surface area contributed by atoms with Crippen LogP contribution in [0.25, 0.3) is 0 Å². The number of amides is 1. The highest BCUT2D eigenvalue weighted by atomic mass is 79.9. The van der Waals surface area contributed by atoms with Gasteiger partial charge in [-0.2, -0.15) is 0 Å². The number of benzene rings is 1. The van der Waals surface area contributed by atoms with Crippen molar-refractivity contribution in [1.82, 2.24) is 5.32 Å².